The molecular weight excluding hydrogens is 385 g/mol. The normalized spacial score (nSPS) is 20.0. The quantitative estimate of drug-likeness (QED) is 0.741. The molecule has 0 aromatic heterocycles. The molecule has 0 aliphatic carbocycles. The summed E-state index contributed by atoms with van der Waals surface area (Å²) in [7, 11) is -3.11. The number of hydrogen-bond acceptors (Lipinski definition) is 5. The number of amides is 1. The molecule has 152 valence electrons. The molecule has 1 aromatic rings. The van der Waals surface area contributed by atoms with Crippen molar-refractivity contribution in [3.63, 3.8) is 0 Å². The van der Waals surface area contributed by atoms with Crippen LogP contribution in [0.4, 0.5) is 13.2 Å². The Kier molecular flexibility index (Phi) is 7.24. The Balaban J connectivity index is 2.04. The van der Waals surface area contributed by atoms with Crippen LogP contribution in [0.15, 0.2) is 30.3 Å². The average Bonchev–Trinajstić information content (AvgIpc) is 2.56. The van der Waals surface area contributed by atoms with Crippen molar-refractivity contribution in [3.05, 3.63) is 35.9 Å². The van der Waals surface area contributed by atoms with Gasteiger partial charge in [-0.2, -0.15) is 13.2 Å². The summed E-state index contributed by atoms with van der Waals surface area (Å²) < 4.78 is 64.4. The third kappa shape index (κ3) is 7.11. The summed E-state index contributed by atoms with van der Waals surface area (Å²) in [5.41, 5.74) is 0.692. The van der Waals surface area contributed by atoms with Gasteiger partial charge < -0.3 is 10.1 Å². The first-order chi connectivity index (χ1) is 12.6. The summed E-state index contributed by atoms with van der Waals surface area (Å²) in [4.78, 5) is 14.6. The highest BCUT2D eigenvalue weighted by atomic mass is 32.2. The molecule has 1 saturated heterocycles. The highest BCUT2D eigenvalue weighted by molar-refractivity contribution is 7.91. The van der Waals surface area contributed by atoms with Gasteiger partial charge in [0, 0.05) is 19.1 Å². The minimum absolute atomic E-state index is 0.0339. The summed E-state index contributed by atoms with van der Waals surface area (Å²) in [5, 5.41) is 2.66. The maximum absolute atomic E-state index is 12.8. The zero-order valence-electron chi connectivity index (χ0n) is 14.9. The van der Waals surface area contributed by atoms with E-state index in [1.54, 1.807) is 42.2 Å². The van der Waals surface area contributed by atoms with Crippen molar-refractivity contribution in [2.24, 2.45) is 0 Å². The molecule has 0 saturated carbocycles. The molecule has 1 aliphatic heterocycles. The molecule has 1 heterocycles. The molecule has 1 amide bonds. The molecule has 2 atom stereocenters. The van der Waals surface area contributed by atoms with Gasteiger partial charge in [-0.15, -0.1) is 0 Å². The van der Waals surface area contributed by atoms with Crippen molar-refractivity contribution in [3.8, 4) is 0 Å². The molecule has 1 aliphatic rings. The zero-order valence-corrected chi connectivity index (χ0v) is 15.7. The Morgan fingerprint density at radius 2 is 1.81 bits per heavy atom. The second-order valence-corrected chi connectivity index (χ2v) is 8.84. The van der Waals surface area contributed by atoms with Gasteiger partial charge in [-0.1, -0.05) is 30.3 Å². The second-order valence-electron chi connectivity index (χ2n) is 6.54. The van der Waals surface area contributed by atoms with E-state index in [0.29, 0.717) is 5.56 Å². The van der Waals surface area contributed by atoms with Crippen LogP contribution < -0.4 is 5.32 Å². The number of rotatable bonds is 7. The van der Waals surface area contributed by atoms with Gasteiger partial charge in [0.15, 0.2) is 9.84 Å². The SMILES string of the molecule is CC(COCC(F)(F)F)NC(=O)C(c1ccccc1)N1CCS(=O)(=O)CC1. The summed E-state index contributed by atoms with van der Waals surface area (Å²) in [5.74, 6) is -0.467. The zero-order chi connectivity index (χ0) is 20.1. The van der Waals surface area contributed by atoms with Crippen molar-refractivity contribution in [1.82, 2.24) is 10.2 Å². The third-order valence-electron chi connectivity index (χ3n) is 4.13. The smallest absolute Gasteiger partial charge is 0.370 e. The van der Waals surface area contributed by atoms with Crippen LogP contribution in [0.2, 0.25) is 0 Å². The molecule has 1 fully saturated rings. The van der Waals surface area contributed by atoms with Gasteiger partial charge >= 0.3 is 6.18 Å². The first-order valence-corrected chi connectivity index (χ1v) is 10.3. The number of sulfone groups is 1. The fourth-order valence-electron chi connectivity index (χ4n) is 2.86. The van der Waals surface area contributed by atoms with Gasteiger partial charge in [-0.3, -0.25) is 9.69 Å². The van der Waals surface area contributed by atoms with Gasteiger partial charge in [0.25, 0.3) is 0 Å². The molecule has 0 spiro atoms. The van der Waals surface area contributed by atoms with E-state index < -0.39 is 40.6 Å². The lowest BCUT2D eigenvalue weighted by molar-refractivity contribution is -0.175. The summed E-state index contributed by atoms with van der Waals surface area (Å²) in [6, 6.07) is 7.52. The lowest BCUT2D eigenvalue weighted by atomic mass is 10.0. The van der Waals surface area contributed by atoms with E-state index in [1.807, 2.05) is 0 Å². The molecule has 2 rings (SSSR count). The molecule has 27 heavy (non-hydrogen) atoms. The Morgan fingerprint density at radius 3 is 2.37 bits per heavy atom. The van der Waals surface area contributed by atoms with Crippen LogP contribution in [0.25, 0.3) is 0 Å². The number of ether oxygens (including phenoxy) is 1. The predicted octanol–water partition coefficient (Wildman–Crippen LogP) is 1.54. The second kappa shape index (κ2) is 9.03. The molecule has 1 N–H and O–H groups in total. The highest BCUT2D eigenvalue weighted by Crippen LogP contribution is 2.23. The number of hydrogen-bond donors (Lipinski definition) is 1. The minimum atomic E-state index is -4.42. The summed E-state index contributed by atoms with van der Waals surface area (Å²) in [6.45, 7) is 0.333. The minimum Gasteiger partial charge on any atom is -0.370 e. The Labute approximate surface area is 156 Å². The van der Waals surface area contributed by atoms with Gasteiger partial charge in [0.05, 0.1) is 18.1 Å². The first-order valence-electron chi connectivity index (χ1n) is 8.52. The Hall–Kier alpha value is -1.65. The Morgan fingerprint density at radius 1 is 1.22 bits per heavy atom. The third-order valence-corrected chi connectivity index (χ3v) is 5.74. The summed E-state index contributed by atoms with van der Waals surface area (Å²) in [6.07, 6.45) is -4.42. The monoisotopic (exact) mass is 408 g/mol. The largest absolute Gasteiger partial charge is 0.411 e. The molecule has 10 heteroatoms. The van der Waals surface area contributed by atoms with Crippen LogP contribution in [-0.4, -0.2) is 69.3 Å². The van der Waals surface area contributed by atoms with E-state index in [-0.39, 0.29) is 31.2 Å². The van der Waals surface area contributed by atoms with Crippen molar-refractivity contribution >= 4 is 15.7 Å². The lowest BCUT2D eigenvalue weighted by Crippen LogP contribution is -2.49. The van der Waals surface area contributed by atoms with E-state index in [9.17, 15) is 26.4 Å². The van der Waals surface area contributed by atoms with Gasteiger partial charge in [0.1, 0.15) is 12.6 Å². The number of nitrogens with one attached hydrogen (secondary N) is 1. The number of nitrogens with zero attached hydrogens (tertiary/aromatic N) is 1. The highest BCUT2D eigenvalue weighted by Gasteiger charge is 2.33. The fraction of sp³-hybridized carbons (Fsp3) is 0.588. The van der Waals surface area contributed by atoms with Crippen molar-refractivity contribution in [2.75, 3.05) is 37.8 Å². The van der Waals surface area contributed by atoms with Gasteiger partial charge in [-0.05, 0) is 12.5 Å². The van der Waals surface area contributed by atoms with Gasteiger partial charge in [0.2, 0.25) is 5.91 Å². The van der Waals surface area contributed by atoms with Crippen LogP contribution in [0.1, 0.15) is 18.5 Å². The standard InChI is InChI=1S/C17H23F3N2O4S/c1-13(11-26-12-17(18,19)20)21-16(23)15(14-5-3-2-4-6-14)22-7-9-27(24,25)10-8-22/h2-6,13,15H,7-12H2,1H3,(H,21,23). The molecule has 6 nitrogen and oxygen atoms in total. The van der Waals surface area contributed by atoms with Crippen LogP contribution in [0, 0.1) is 0 Å². The van der Waals surface area contributed by atoms with Crippen molar-refractivity contribution < 1.29 is 31.1 Å². The first kappa shape index (κ1) is 21.6. The Bertz CT molecular complexity index is 711. The van der Waals surface area contributed by atoms with Crippen molar-refractivity contribution in [2.45, 2.75) is 25.2 Å². The number of benzene rings is 1. The van der Waals surface area contributed by atoms with Crippen molar-refractivity contribution in [1.29, 1.82) is 0 Å². The molecule has 2 unspecified atom stereocenters. The number of halogens is 3. The van der Waals surface area contributed by atoms with E-state index in [1.165, 1.54) is 0 Å². The van der Waals surface area contributed by atoms with Crippen LogP contribution >= 0.6 is 0 Å². The van der Waals surface area contributed by atoms with E-state index >= 15 is 0 Å². The topological polar surface area (TPSA) is 75.7 Å². The molecule has 0 radical (unpaired) electrons. The van der Waals surface area contributed by atoms with E-state index in [0.717, 1.165) is 0 Å². The maximum atomic E-state index is 12.8. The molecule has 0 bridgehead atoms. The van der Waals surface area contributed by atoms with Crippen LogP contribution in [-0.2, 0) is 19.4 Å². The predicted molar refractivity (Wildman–Crippen MR) is 93.9 cm³/mol. The van der Waals surface area contributed by atoms with E-state index in [2.05, 4.69) is 10.1 Å². The fourth-order valence-corrected chi connectivity index (χ4v) is 4.09. The number of carbonyl (C=O) groups excluding carboxylic acids is 1. The maximum Gasteiger partial charge on any atom is 0.411 e. The molecular formula is C17H23F3N2O4S. The average molecular weight is 408 g/mol. The van der Waals surface area contributed by atoms with Crippen LogP contribution in [0.3, 0.4) is 0 Å². The number of alkyl halides is 3. The van der Waals surface area contributed by atoms with E-state index in [4.69, 9.17) is 0 Å². The lowest BCUT2D eigenvalue weighted by Gasteiger charge is -2.34. The molecule has 1 aromatic carbocycles. The number of carbonyl (C=O) groups is 1. The van der Waals surface area contributed by atoms with Crippen LogP contribution in [0.5, 0.6) is 0 Å². The summed E-state index contributed by atoms with van der Waals surface area (Å²) >= 11 is 0. The van der Waals surface area contributed by atoms with Gasteiger partial charge in [-0.25, -0.2) is 8.42 Å².